The Labute approximate surface area is 119 Å². The molecule has 108 valence electrons. The normalized spacial score (nSPS) is 11.7. The van der Waals surface area contributed by atoms with Crippen molar-refractivity contribution in [1.29, 1.82) is 0 Å². The van der Waals surface area contributed by atoms with Gasteiger partial charge in [0, 0.05) is 12.7 Å². The minimum atomic E-state index is -3.48. The lowest BCUT2D eigenvalue weighted by Crippen LogP contribution is -2.24. The Morgan fingerprint density at radius 2 is 1.85 bits per heavy atom. The van der Waals surface area contributed by atoms with Crippen molar-refractivity contribution in [2.24, 2.45) is 0 Å². The quantitative estimate of drug-likeness (QED) is 0.885. The van der Waals surface area contributed by atoms with E-state index in [1.54, 1.807) is 23.0 Å². The van der Waals surface area contributed by atoms with E-state index < -0.39 is 10.0 Å². The zero-order valence-electron chi connectivity index (χ0n) is 11.7. The van der Waals surface area contributed by atoms with Crippen LogP contribution in [0.25, 0.3) is 0 Å². The SMILES string of the molecule is CCc1ccc(S(=O)(=O)NCc2ccnn2CC)cc1. The molecule has 0 aliphatic rings. The Morgan fingerprint density at radius 1 is 1.15 bits per heavy atom. The fourth-order valence-corrected chi connectivity index (χ4v) is 2.95. The zero-order chi connectivity index (χ0) is 14.6. The third-order valence-electron chi connectivity index (χ3n) is 3.19. The Hall–Kier alpha value is -1.66. The van der Waals surface area contributed by atoms with E-state index in [1.807, 2.05) is 32.0 Å². The first-order valence-electron chi connectivity index (χ1n) is 6.66. The second-order valence-electron chi connectivity index (χ2n) is 4.46. The summed E-state index contributed by atoms with van der Waals surface area (Å²) in [6, 6.07) is 8.76. The fraction of sp³-hybridized carbons (Fsp3) is 0.357. The molecule has 0 amide bonds. The number of nitrogens with one attached hydrogen (secondary N) is 1. The van der Waals surface area contributed by atoms with Crippen LogP contribution in [0.3, 0.4) is 0 Å². The maximum Gasteiger partial charge on any atom is 0.240 e. The van der Waals surface area contributed by atoms with Crippen molar-refractivity contribution in [1.82, 2.24) is 14.5 Å². The van der Waals surface area contributed by atoms with Gasteiger partial charge >= 0.3 is 0 Å². The highest BCUT2D eigenvalue weighted by Crippen LogP contribution is 2.11. The molecule has 0 saturated carbocycles. The summed E-state index contributed by atoms with van der Waals surface area (Å²) in [5, 5.41) is 4.11. The first-order chi connectivity index (χ1) is 9.56. The summed E-state index contributed by atoms with van der Waals surface area (Å²) in [6.45, 7) is 4.96. The average molecular weight is 293 g/mol. The van der Waals surface area contributed by atoms with Crippen molar-refractivity contribution in [2.75, 3.05) is 0 Å². The van der Waals surface area contributed by atoms with Crippen LogP contribution in [-0.4, -0.2) is 18.2 Å². The van der Waals surface area contributed by atoms with Gasteiger partial charge in [0.2, 0.25) is 10.0 Å². The average Bonchev–Trinajstić information content (AvgIpc) is 2.93. The molecule has 6 heteroatoms. The van der Waals surface area contributed by atoms with Gasteiger partial charge in [0.25, 0.3) is 0 Å². The molecule has 20 heavy (non-hydrogen) atoms. The van der Waals surface area contributed by atoms with Gasteiger partial charge in [-0.05, 0) is 37.1 Å². The van der Waals surface area contributed by atoms with E-state index in [1.165, 1.54) is 0 Å². The first kappa shape index (κ1) is 14.7. The van der Waals surface area contributed by atoms with Crippen molar-refractivity contribution in [2.45, 2.75) is 38.3 Å². The van der Waals surface area contributed by atoms with Gasteiger partial charge in [0.15, 0.2) is 0 Å². The molecule has 1 heterocycles. The van der Waals surface area contributed by atoms with Crippen LogP contribution in [0, 0.1) is 0 Å². The maximum absolute atomic E-state index is 12.2. The highest BCUT2D eigenvalue weighted by atomic mass is 32.2. The van der Waals surface area contributed by atoms with Crippen molar-refractivity contribution < 1.29 is 8.42 Å². The Kier molecular flexibility index (Phi) is 4.57. The summed E-state index contributed by atoms with van der Waals surface area (Å²) < 4.78 is 28.7. The van der Waals surface area contributed by atoms with Crippen LogP contribution < -0.4 is 4.72 Å². The third kappa shape index (κ3) is 3.26. The molecule has 2 rings (SSSR count). The van der Waals surface area contributed by atoms with Crippen molar-refractivity contribution in [3.8, 4) is 0 Å². The minimum absolute atomic E-state index is 0.242. The highest BCUT2D eigenvalue weighted by Gasteiger charge is 2.14. The van der Waals surface area contributed by atoms with E-state index in [9.17, 15) is 8.42 Å². The highest BCUT2D eigenvalue weighted by molar-refractivity contribution is 7.89. The van der Waals surface area contributed by atoms with Crippen molar-refractivity contribution >= 4 is 10.0 Å². The molecule has 1 N–H and O–H groups in total. The van der Waals surface area contributed by atoms with Crippen LogP contribution >= 0.6 is 0 Å². The second-order valence-corrected chi connectivity index (χ2v) is 6.23. The number of nitrogens with zero attached hydrogens (tertiary/aromatic N) is 2. The summed E-state index contributed by atoms with van der Waals surface area (Å²) in [4.78, 5) is 0.289. The molecule has 0 atom stereocenters. The number of hydrogen-bond donors (Lipinski definition) is 1. The third-order valence-corrected chi connectivity index (χ3v) is 4.61. The van der Waals surface area contributed by atoms with Gasteiger partial charge < -0.3 is 0 Å². The lowest BCUT2D eigenvalue weighted by atomic mass is 10.2. The predicted molar refractivity (Wildman–Crippen MR) is 77.7 cm³/mol. The van der Waals surface area contributed by atoms with E-state index in [0.717, 1.165) is 24.2 Å². The van der Waals surface area contributed by atoms with E-state index in [4.69, 9.17) is 0 Å². The molecule has 0 spiro atoms. The Balaban J connectivity index is 2.10. The Morgan fingerprint density at radius 3 is 2.45 bits per heavy atom. The molecule has 0 fully saturated rings. The number of aryl methyl sites for hydroxylation is 2. The summed E-state index contributed by atoms with van der Waals surface area (Å²) in [7, 11) is -3.48. The van der Waals surface area contributed by atoms with Crippen molar-refractivity contribution in [3.05, 3.63) is 47.8 Å². The number of benzene rings is 1. The van der Waals surface area contributed by atoms with Crippen molar-refractivity contribution in [3.63, 3.8) is 0 Å². The summed E-state index contributed by atoms with van der Waals surface area (Å²) >= 11 is 0. The monoisotopic (exact) mass is 293 g/mol. The maximum atomic E-state index is 12.2. The topological polar surface area (TPSA) is 64.0 Å². The largest absolute Gasteiger partial charge is 0.269 e. The van der Waals surface area contributed by atoms with Gasteiger partial charge in [-0.1, -0.05) is 19.1 Å². The van der Waals surface area contributed by atoms with Crippen LogP contribution in [0.15, 0.2) is 41.4 Å². The molecule has 0 aliphatic heterocycles. The number of aromatic nitrogens is 2. The van der Waals surface area contributed by atoms with Crippen LogP contribution in [0.2, 0.25) is 0 Å². The molecule has 0 saturated heterocycles. The lowest BCUT2D eigenvalue weighted by molar-refractivity contribution is 0.570. The van der Waals surface area contributed by atoms with Gasteiger partial charge in [-0.3, -0.25) is 4.68 Å². The summed E-state index contributed by atoms with van der Waals surface area (Å²) in [5.74, 6) is 0. The van der Waals surface area contributed by atoms with Crippen LogP contribution in [0.1, 0.15) is 25.1 Å². The summed E-state index contributed by atoms with van der Waals surface area (Å²) in [5.41, 5.74) is 1.97. The van der Waals surface area contributed by atoms with Gasteiger partial charge in [0.1, 0.15) is 0 Å². The smallest absolute Gasteiger partial charge is 0.240 e. The number of hydrogen-bond acceptors (Lipinski definition) is 3. The Bertz CT molecular complexity index is 660. The van der Waals surface area contributed by atoms with E-state index >= 15 is 0 Å². The molecule has 5 nitrogen and oxygen atoms in total. The van der Waals surface area contributed by atoms with Crippen LogP contribution in [0.4, 0.5) is 0 Å². The van der Waals surface area contributed by atoms with E-state index in [2.05, 4.69) is 9.82 Å². The predicted octanol–water partition coefficient (Wildman–Crippen LogP) is 1.94. The number of sulfonamides is 1. The lowest BCUT2D eigenvalue weighted by Gasteiger charge is -2.08. The van der Waals surface area contributed by atoms with Crippen LogP contribution in [0.5, 0.6) is 0 Å². The van der Waals surface area contributed by atoms with Gasteiger partial charge in [-0.25, -0.2) is 13.1 Å². The molecule has 0 bridgehead atoms. The standard InChI is InChI=1S/C14H19N3O2S/c1-3-12-5-7-14(8-6-12)20(18,19)16-11-13-9-10-15-17(13)4-2/h5-10,16H,3-4,11H2,1-2H3. The molecule has 1 aromatic heterocycles. The summed E-state index contributed by atoms with van der Waals surface area (Å²) in [6.07, 6.45) is 2.56. The minimum Gasteiger partial charge on any atom is -0.269 e. The molecule has 0 radical (unpaired) electrons. The van der Waals surface area contributed by atoms with Crippen LogP contribution in [-0.2, 0) is 29.5 Å². The first-order valence-corrected chi connectivity index (χ1v) is 8.14. The fourth-order valence-electron chi connectivity index (χ4n) is 1.95. The molecule has 1 aromatic carbocycles. The molecular formula is C14H19N3O2S. The van der Waals surface area contributed by atoms with Gasteiger partial charge in [-0.2, -0.15) is 5.10 Å². The zero-order valence-corrected chi connectivity index (χ0v) is 12.5. The molecule has 0 aliphatic carbocycles. The van der Waals surface area contributed by atoms with E-state index in [0.29, 0.717) is 0 Å². The molecule has 2 aromatic rings. The number of rotatable bonds is 6. The second kappa shape index (κ2) is 6.19. The van der Waals surface area contributed by atoms with Gasteiger partial charge in [0.05, 0.1) is 17.1 Å². The molecule has 0 unspecified atom stereocenters. The van der Waals surface area contributed by atoms with E-state index in [-0.39, 0.29) is 11.4 Å². The van der Waals surface area contributed by atoms with Gasteiger partial charge in [-0.15, -0.1) is 0 Å². The molecular weight excluding hydrogens is 274 g/mol.